The van der Waals surface area contributed by atoms with E-state index in [1.54, 1.807) is 6.92 Å². The van der Waals surface area contributed by atoms with E-state index in [1.807, 2.05) is 0 Å². The molecule has 23 heavy (non-hydrogen) atoms. The van der Waals surface area contributed by atoms with Gasteiger partial charge < -0.3 is 28.4 Å². The summed E-state index contributed by atoms with van der Waals surface area (Å²) in [7, 11) is 0. The lowest BCUT2D eigenvalue weighted by Crippen LogP contribution is -2.14. The molecular weight excluding hydrogens is 372 g/mol. The molecule has 0 aromatic rings. The van der Waals surface area contributed by atoms with Gasteiger partial charge in [-0.1, -0.05) is 15.9 Å². The zero-order valence-corrected chi connectivity index (χ0v) is 15.5. The van der Waals surface area contributed by atoms with Crippen LogP contribution in [0.4, 0.5) is 0 Å². The van der Waals surface area contributed by atoms with Crippen LogP contribution in [0.25, 0.3) is 0 Å². The standard InChI is InChI=1S/C15H29BrO7/c1-2-23-15(17)3-5-18-7-9-20-11-13-22-14-12-21-10-8-19-6-4-16/h2-14H2,1H3. The van der Waals surface area contributed by atoms with Crippen molar-refractivity contribution in [2.24, 2.45) is 0 Å². The van der Waals surface area contributed by atoms with Gasteiger partial charge in [-0.05, 0) is 6.92 Å². The Labute approximate surface area is 147 Å². The van der Waals surface area contributed by atoms with Crippen molar-refractivity contribution in [2.75, 3.05) is 78.0 Å². The Morgan fingerprint density at radius 1 is 0.696 bits per heavy atom. The maximum atomic E-state index is 11.0. The van der Waals surface area contributed by atoms with Gasteiger partial charge in [0.25, 0.3) is 0 Å². The maximum Gasteiger partial charge on any atom is 0.308 e. The number of halogens is 1. The lowest BCUT2D eigenvalue weighted by atomic mass is 10.5. The van der Waals surface area contributed by atoms with Gasteiger partial charge in [-0.3, -0.25) is 4.79 Å². The van der Waals surface area contributed by atoms with E-state index in [4.69, 9.17) is 28.4 Å². The normalized spacial score (nSPS) is 10.9. The molecule has 138 valence electrons. The maximum absolute atomic E-state index is 11.0. The largest absolute Gasteiger partial charge is 0.466 e. The second-order valence-electron chi connectivity index (χ2n) is 4.31. The average Bonchev–Trinajstić information content (AvgIpc) is 2.54. The van der Waals surface area contributed by atoms with E-state index in [1.165, 1.54) is 0 Å². The molecule has 0 spiro atoms. The van der Waals surface area contributed by atoms with Crippen LogP contribution in [0.15, 0.2) is 0 Å². The third-order valence-corrected chi connectivity index (χ3v) is 2.79. The number of carbonyl (C=O) groups excluding carboxylic acids is 1. The number of ether oxygens (including phenoxy) is 6. The Morgan fingerprint density at radius 3 is 1.48 bits per heavy atom. The Morgan fingerprint density at radius 2 is 1.09 bits per heavy atom. The molecule has 0 radical (unpaired) electrons. The predicted octanol–water partition coefficient (Wildman–Crippen LogP) is 1.42. The van der Waals surface area contributed by atoms with Crippen molar-refractivity contribution in [1.29, 1.82) is 0 Å². The van der Waals surface area contributed by atoms with Gasteiger partial charge in [0.15, 0.2) is 0 Å². The Kier molecular flexibility index (Phi) is 19.6. The molecule has 0 fully saturated rings. The van der Waals surface area contributed by atoms with Crippen molar-refractivity contribution in [3.63, 3.8) is 0 Å². The SMILES string of the molecule is CCOC(=O)CCOCCOCCOCCOCCOCCBr. The van der Waals surface area contributed by atoms with Gasteiger partial charge in [0.1, 0.15) is 0 Å². The molecular formula is C15H29BrO7. The molecule has 0 saturated carbocycles. The Balaban J connectivity index is 3.01. The zero-order valence-electron chi connectivity index (χ0n) is 13.9. The summed E-state index contributed by atoms with van der Waals surface area (Å²) >= 11 is 3.28. The number of hydrogen-bond acceptors (Lipinski definition) is 7. The van der Waals surface area contributed by atoms with Crippen LogP contribution in [0.1, 0.15) is 13.3 Å². The Bertz CT molecular complexity index is 254. The number of esters is 1. The second-order valence-corrected chi connectivity index (χ2v) is 5.10. The van der Waals surface area contributed by atoms with Gasteiger partial charge in [-0.15, -0.1) is 0 Å². The van der Waals surface area contributed by atoms with Crippen LogP contribution < -0.4 is 0 Å². The fraction of sp³-hybridized carbons (Fsp3) is 0.933. The molecule has 0 unspecified atom stereocenters. The van der Waals surface area contributed by atoms with Crippen molar-refractivity contribution in [3.05, 3.63) is 0 Å². The molecule has 0 rings (SSSR count). The van der Waals surface area contributed by atoms with Gasteiger partial charge in [-0.25, -0.2) is 0 Å². The van der Waals surface area contributed by atoms with Gasteiger partial charge >= 0.3 is 5.97 Å². The summed E-state index contributed by atoms with van der Waals surface area (Å²) in [5.41, 5.74) is 0. The predicted molar refractivity (Wildman–Crippen MR) is 89.1 cm³/mol. The van der Waals surface area contributed by atoms with E-state index in [9.17, 15) is 4.79 Å². The molecule has 0 aromatic heterocycles. The van der Waals surface area contributed by atoms with Crippen LogP contribution in [-0.2, 0) is 33.2 Å². The lowest BCUT2D eigenvalue weighted by molar-refractivity contribution is -0.144. The van der Waals surface area contributed by atoms with E-state index >= 15 is 0 Å². The van der Waals surface area contributed by atoms with E-state index in [2.05, 4.69) is 15.9 Å². The first-order valence-electron chi connectivity index (χ1n) is 7.91. The van der Waals surface area contributed by atoms with Gasteiger partial charge in [0.2, 0.25) is 0 Å². The topological polar surface area (TPSA) is 72.5 Å². The highest BCUT2D eigenvalue weighted by Gasteiger charge is 2.00. The molecule has 0 aliphatic heterocycles. The minimum atomic E-state index is -0.237. The molecule has 0 heterocycles. The smallest absolute Gasteiger partial charge is 0.308 e. The van der Waals surface area contributed by atoms with E-state index < -0.39 is 0 Å². The second kappa shape index (κ2) is 19.8. The van der Waals surface area contributed by atoms with Crippen LogP contribution >= 0.6 is 15.9 Å². The molecule has 0 N–H and O–H groups in total. The van der Waals surface area contributed by atoms with Crippen LogP contribution in [0, 0.1) is 0 Å². The molecule has 0 bridgehead atoms. The number of alkyl halides is 1. The highest BCUT2D eigenvalue weighted by molar-refractivity contribution is 9.09. The lowest BCUT2D eigenvalue weighted by Gasteiger charge is -2.07. The average molecular weight is 401 g/mol. The third-order valence-electron chi connectivity index (χ3n) is 2.47. The fourth-order valence-corrected chi connectivity index (χ4v) is 1.65. The third kappa shape index (κ3) is 19.7. The quantitative estimate of drug-likeness (QED) is 0.195. The molecule has 8 heteroatoms. The first-order chi connectivity index (χ1) is 11.3. The van der Waals surface area contributed by atoms with Gasteiger partial charge in [0.05, 0.1) is 79.1 Å². The van der Waals surface area contributed by atoms with Crippen molar-refractivity contribution in [2.45, 2.75) is 13.3 Å². The number of rotatable bonds is 18. The first kappa shape index (κ1) is 22.8. The molecule has 0 aromatic carbocycles. The van der Waals surface area contributed by atoms with E-state index in [0.29, 0.717) is 72.7 Å². The van der Waals surface area contributed by atoms with Crippen LogP contribution in [0.2, 0.25) is 0 Å². The van der Waals surface area contributed by atoms with Crippen molar-refractivity contribution >= 4 is 21.9 Å². The van der Waals surface area contributed by atoms with E-state index in [-0.39, 0.29) is 12.4 Å². The number of hydrogen-bond donors (Lipinski definition) is 0. The Hall–Kier alpha value is -0.250. The molecule has 7 nitrogen and oxygen atoms in total. The molecule has 0 amide bonds. The van der Waals surface area contributed by atoms with Gasteiger partial charge in [-0.2, -0.15) is 0 Å². The van der Waals surface area contributed by atoms with E-state index in [0.717, 1.165) is 5.33 Å². The summed E-state index contributed by atoms with van der Waals surface area (Å²) in [5, 5.41) is 0.840. The summed E-state index contributed by atoms with van der Waals surface area (Å²) < 4.78 is 31.3. The molecule has 0 aliphatic rings. The van der Waals surface area contributed by atoms with Crippen molar-refractivity contribution in [3.8, 4) is 0 Å². The summed E-state index contributed by atoms with van der Waals surface area (Å²) in [6.45, 7) is 7.47. The van der Waals surface area contributed by atoms with Gasteiger partial charge in [0, 0.05) is 5.33 Å². The van der Waals surface area contributed by atoms with Crippen molar-refractivity contribution in [1.82, 2.24) is 0 Å². The highest BCUT2D eigenvalue weighted by atomic mass is 79.9. The summed E-state index contributed by atoms with van der Waals surface area (Å²) in [5.74, 6) is -0.237. The summed E-state index contributed by atoms with van der Waals surface area (Å²) in [6, 6.07) is 0. The fourth-order valence-electron chi connectivity index (χ4n) is 1.42. The van der Waals surface area contributed by atoms with Crippen LogP contribution in [-0.4, -0.2) is 84.0 Å². The molecule has 0 atom stereocenters. The first-order valence-corrected chi connectivity index (χ1v) is 9.03. The zero-order chi connectivity index (χ0) is 17.0. The van der Waals surface area contributed by atoms with Crippen LogP contribution in [0.5, 0.6) is 0 Å². The molecule has 0 aliphatic carbocycles. The monoisotopic (exact) mass is 400 g/mol. The summed E-state index contributed by atoms with van der Waals surface area (Å²) in [4.78, 5) is 11.0. The van der Waals surface area contributed by atoms with Crippen LogP contribution in [0.3, 0.4) is 0 Å². The minimum absolute atomic E-state index is 0.237. The highest BCUT2D eigenvalue weighted by Crippen LogP contribution is 1.89. The minimum Gasteiger partial charge on any atom is -0.466 e. The van der Waals surface area contributed by atoms with Crippen molar-refractivity contribution < 1.29 is 33.2 Å². The summed E-state index contributed by atoms with van der Waals surface area (Å²) in [6.07, 6.45) is 0.276. The number of carbonyl (C=O) groups is 1. The molecule has 0 saturated heterocycles.